The first-order chi connectivity index (χ1) is 14.8. The second-order valence-electron chi connectivity index (χ2n) is 6.10. The molecule has 0 unspecified atom stereocenters. The van der Waals surface area contributed by atoms with Gasteiger partial charge in [-0.2, -0.15) is 0 Å². The minimum absolute atomic E-state index is 0.0658. The third-order valence-electron chi connectivity index (χ3n) is 3.99. The van der Waals surface area contributed by atoms with E-state index in [0.717, 1.165) is 18.2 Å². The van der Waals surface area contributed by atoms with Crippen molar-refractivity contribution in [1.29, 1.82) is 0 Å². The van der Waals surface area contributed by atoms with Crippen LogP contribution < -0.4 is 15.6 Å². The number of benzene rings is 2. The van der Waals surface area contributed by atoms with Crippen molar-refractivity contribution >= 4 is 33.4 Å². The molecule has 0 bridgehead atoms. The molecule has 3 rings (SSSR count). The van der Waals surface area contributed by atoms with E-state index in [0.29, 0.717) is 5.56 Å². The summed E-state index contributed by atoms with van der Waals surface area (Å²) in [6, 6.07) is 10.5. The molecule has 0 radical (unpaired) electrons. The molecule has 0 spiro atoms. The van der Waals surface area contributed by atoms with Crippen LogP contribution in [0.4, 0.5) is 4.39 Å². The molecular formula is C19H15ClFN5O4S. The molecule has 3 aromatic rings. The van der Waals surface area contributed by atoms with E-state index < -0.39 is 27.7 Å². The molecule has 0 saturated heterocycles. The molecular weight excluding hydrogens is 449 g/mol. The molecule has 0 saturated carbocycles. The third-order valence-corrected chi connectivity index (χ3v) is 5.68. The number of rotatable bonds is 6. The first-order valence-electron chi connectivity index (χ1n) is 8.66. The molecule has 3 N–H and O–H groups in total. The lowest BCUT2D eigenvalue weighted by molar-refractivity contribution is 0.0844. The van der Waals surface area contributed by atoms with Gasteiger partial charge >= 0.3 is 0 Å². The van der Waals surface area contributed by atoms with Gasteiger partial charge < -0.3 is 0 Å². The van der Waals surface area contributed by atoms with Crippen molar-refractivity contribution in [3.05, 3.63) is 88.7 Å². The monoisotopic (exact) mass is 463 g/mol. The number of carbonyl (C=O) groups excluding carboxylic acids is 2. The molecule has 9 nitrogen and oxygen atoms in total. The van der Waals surface area contributed by atoms with Gasteiger partial charge in [0, 0.05) is 18.3 Å². The van der Waals surface area contributed by atoms with Crippen LogP contribution in [0.15, 0.2) is 66.0 Å². The summed E-state index contributed by atoms with van der Waals surface area (Å²) in [7, 11) is -3.91. The fourth-order valence-electron chi connectivity index (χ4n) is 2.35. The van der Waals surface area contributed by atoms with E-state index >= 15 is 0 Å². The van der Waals surface area contributed by atoms with Crippen LogP contribution >= 0.6 is 11.6 Å². The maximum atomic E-state index is 13.2. The third kappa shape index (κ3) is 5.81. The minimum Gasteiger partial charge on any atom is -0.267 e. The van der Waals surface area contributed by atoms with Gasteiger partial charge in [0.2, 0.25) is 10.0 Å². The Morgan fingerprint density at radius 2 is 1.71 bits per heavy atom. The van der Waals surface area contributed by atoms with E-state index in [1.807, 2.05) is 0 Å². The van der Waals surface area contributed by atoms with Gasteiger partial charge in [0.25, 0.3) is 11.8 Å². The average Bonchev–Trinajstić information content (AvgIpc) is 2.78. The Morgan fingerprint density at radius 3 is 2.35 bits per heavy atom. The highest BCUT2D eigenvalue weighted by atomic mass is 35.5. The number of hydrogen-bond donors (Lipinski definition) is 3. The van der Waals surface area contributed by atoms with Crippen LogP contribution in [0.25, 0.3) is 0 Å². The summed E-state index contributed by atoms with van der Waals surface area (Å²) in [5.41, 5.74) is 5.36. The first kappa shape index (κ1) is 22.3. The molecule has 0 atom stereocenters. The number of hydrogen-bond acceptors (Lipinski definition) is 6. The van der Waals surface area contributed by atoms with E-state index in [2.05, 4.69) is 25.5 Å². The zero-order chi connectivity index (χ0) is 22.4. The van der Waals surface area contributed by atoms with Gasteiger partial charge in [0.15, 0.2) is 0 Å². The first-order valence-corrected chi connectivity index (χ1v) is 10.5. The fourth-order valence-corrected chi connectivity index (χ4v) is 3.64. The number of nitrogens with one attached hydrogen (secondary N) is 3. The molecule has 2 amide bonds. The molecule has 12 heteroatoms. The molecule has 0 aliphatic heterocycles. The van der Waals surface area contributed by atoms with Crippen molar-refractivity contribution < 1.29 is 22.4 Å². The van der Waals surface area contributed by atoms with Crippen molar-refractivity contribution in [2.24, 2.45) is 0 Å². The highest BCUT2D eigenvalue weighted by molar-refractivity contribution is 7.89. The zero-order valence-electron chi connectivity index (χ0n) is 15.7. The number of halogens is 2. The normalized spacial score (nSPS) is 11.0. The summed E-state index contributed by atoms with van der Waals surface area (Å²) in [5, 5.41) is -0.301. The van der Waals surface area contributed by atoms with E-state index in [4.69, 9.17) is 11.6 Å². The number of aromatic nitrogens is 2. The zero-order valence-corrected chi connectivity index (χ0v) is 17.2. The van der Waals surface area contributed by atoms with E-state index in [9.17, 15) is 22.4 Å². The molecule has 2 aromatic carbocycles. The Bertz CT molecular complexity index is 1210. The second kappa shape index (κ2) is 9.60. The van der Waals surface area contributed by atoms with Crippen LogP contribution in [-0.2, 0) is 16.6 Å². The van der Waals surface area contributed by atoms with Crippen molar-refractivity contribution in [3.8, 4) is 0 Å². The van der Waals surface area contributed by atoms with Gasteiger partial charge in [0.1, 0.15) is 17.8 Å². The summed E-state index contributed by atoms with van der Waals surface area (Å²) >= 11 is 5.63. The highest BCUT2D eigenvalue weighted by Crippen LogP contribution is 2.19. The molecule has 1 aromatic heterocycles. The average molecular weight is 464 g/mol. The minimum atomic E-state index is -3.91. The second-order valence-corrected chi connectivity index (χ2v) is 8.27. The van der Waals surface area contributed by atoms with Crippen LogP contribution in [0.3, 0.4) is 0 Å². The predicted octanol–water partition coefficient (Wildman–Crippen LogP) is 1.82. The number of sulfonamides is 1. The van der Waals surface area contributed by atoms with Crippen molar-refractivity contribution in [3.63, 3.8) is 0 Å². The lowest BCUT2D eigenvalue weighted by atomic mass is 10.1. The van der Waals surface area contributed by atoms with Crippen molar-refractivity contribution in [2.45, 2.75) is 11.4 Å². The predicted molar refractivity (Wildman–Crippen MR) is 109 cm³/mol. The van der Waals surface area contributed by atoms with Crippen molar-refractivity contribution in [2.75, 3.05) is 0 Å². The molecule has 0 fully saturated rings. The molecule has 160 valence electrons. The summed E-state index contributed by atoms with van der Waals surface area (Å²) < 4.78 is 40.2. The number of nitrogens with zero attached hydrogens (tertiary/aromatic N) is 2. The number of hydrazine groups is 1. The summed E-state index contributed by atoms with van der Waals surface area (Å²) in [6.07, 6.45) is 2.59. The summed E-state index contributed by atoms with van der Waals surface area (Å²) in [6.45, 7) is -0.0658. The SMILES string of the molecule is O=C(NNC(=O)c1ccncn1)c1ccc(CNS(=O)(=O)c2ccc(F)c(Cl)c2)cc1. The van der Waals surface area contributed by atoms with Gasteiger partial charge in [-0.05, 0) is 42.0 Å². The molecule has 1 heterocycles. The van der Waals surface area contributed by atoms with Gasteiger partial charge in [-0.25, -0.2) is 27.5 Å². The quantitative estimate of drug-likeness (QED) is 0.478. The summed E-state index contributed by atoms with van der Waals surface area (Å²) in [5.74, 6) is -1.90. The maximum absolute atomic E-state index is 13.2. The Hall–Kier alpha value is -3.41. The Labute approximate surface area is 181 Å². The maximum Gasteiger partial charge on any atom is 0.288 e. The van der Waals surface area contributed by atoms with E-state index in [1.54, 1.807) is 12.1 Å². The largest absolute Gasteiger partial charge is 0.288 e. The van der Waals surface area contributed by atoms with Crippen LogP contribution in [0, 0.1) is 5.82 Å². The van der Waals surface area contributed by atoms with Crippen LogP contribution in [0.2, 0.25) is 5.02 Å². The Kier molecular flexibility index (Phi) is 6.90. The highest BCUT2D eigenvalue weighted by Gasteiger charge is 2.16. The smallest absolute Gasteiger partial charge is 0.267 e. The Balaban J connectivity index is 1.56. The topological polar surface area (TPSA) is 130 Å². The van der Waals surface area contributed by atoms with Crippen LogP contribution in [0.1, 0.15) is 26.4 Å². The van der Waals surface area contributed by atoms with Gasteiger partial charge in [-0.3, -0.25) is 20.4 Å². The Morgan fingerprint density at radius 1 is 1.00 bits per heavy atom. The van der Waals surface area contributed by atoms with Gasteiger partial charge in [0.05, 0.1) is 9.92 Å². The number of amides is 2. The standard InChI is InChI=1S/C19H15ClFN5O4S/c20-15-9-14(5-6-16(15)21)31(29,30)24-10-12-1-3-13(4-2-12)18(27)25-26-19(28)17-7-8-22-11-23-17/h1-9,11,24H,10H2,(H,25,27)(H,26,28). The lowest BCUT2D eigenvalue weighted by Gasteiger charge is -2.09. The fraction of sp³-hybridized carbons (Fsp3) is 0.0526. The van der Waals surface area contributed by atoms with E-state index in [1.165, 1.54) is 30.7 Å². The van der Waals surface area contributed by atoms with Gasteiger partial charge in [-0.15, -0.1) is 0 Å². The van der Waals surface area contributed by atoms with Crippen LogP contribution in [-0.4, -0.2) is 30.2 Å². The number of carbonyl (C=O) groups is 2. The molecule has 0 aliphatic rings. The summed E-state index contributed by atoms with van der Waals surface area (Å²) in [4.78, 5) is 31.3. The van der Waals surface area contributed by atoms with Crippen LogP contribution in [0.5, 0.6) is 0 Å². The lowest BCUT2D eigenvalue weighted by Crippen LogP contribution is -2.41. The molecule has 0 aliphatic carbocycles. The van der Waals surface area contributed by atoms with Gasteiger partial charge in [-0.1, -0.05) is 23.7 Å². The molecule has 31 heavy (non-hydrogen) atoms. The van der Waals surface area contributed by atoms with E-state index in [-0.39, 0.29) is 27.7 Å². The van der Waals surface area contributed by atoms with Crippen molar-refractivity contribution in [1.82, 2.24) is 25.5 Å².